The van der Waals surface area contributed by atoms with Crippen LogP contribution in [0.1, 0.15) is 16.8 Å². The molecule has 5 nitrogen and oxygen atoms in total. The molecule has 102 valence electrons. The minimum Gasteiger partial charge on any atom is -0.480 e. The summed E-state index contributed by atoms with van der Waals surface area (Å²) in [5.74, 6) is -2.21. The Morgan fingerprint density at radius 2 is 2.11 bits per heavy atom. The van der Waals surface area contributed by atoms with E-state index in [0.717, 1.165) is 17.0 Å². The lowest BCUT2D eigenvalue weighted by Crippen LogP contribution is -2.40. The van der Waals surface area contributed by atoms with E-state index in [1.165, 1.54) is 6.07 Å². The zero-order chi connectivity index (χ0) is 14.2. The van der Waals surface area contributed by atoms with Crippen molar-refractivity contribution in [3.8, 4) is 0 Å². The second-order valence-corrected chi connectivity index (χ2v) is 5.18. The number of carbonyl (C=O) groups excluding carboxylic acids is 1. The minimum absolute atomic E-state index is 0.000112. The van der Waals surface area contributed by atoms with Gasteiger partial charge in [0.2, 0.25) is 0 Å². The molecule has 1 aliphatic heterocycles. The fraction of sp³-hybridized carbons (Fsp3) is 0.333. The fourth-order valence-electron chi connectivity index (χ4n) is 2.09. The van der Waals surface area contributed by atoms with Gasteiger partial charge >= 0.3 is 5.97 Å². The van der Waals surface area contributed by atoms with Crippen molar-refractivity contribution in [3.05, 3.63) is 34.1 Å². The SMILES string of the molecule is O=C(O)[C@@H]1CC(O)CN1C(=O)c1ccc(F)cc1Br. The number of β-amino-alcohol motifs (C(OH)–C–C–N with tert-alkyl or cyclic N) is 1. The molecule has 0 spiro atoms. The van der Waals surface area contributed by atoms with Gasteiger partial charge in [-0.1, -0.05) is 0 Å². The monoisotopic (exact) mass is 331 g/mol. The van der Waals surface area contributed by atoms with Crippen molar-refractivity contribution >= 4 is 27.8 Å². The Morgan fingerprint density at radius 3 is 2.68 bits per heavy atom. The third kappa shape index (κ3) is 2.76. The lowest BCUT2D eigenvalue weighted by Gasteiger charge is -2.21. The van der Waals surface area contributed by atoms with Crippen LogP contribution in [0.25, 0.3) is 0 Å². The normalized spacial score (nSPS) is 22.6. The Balaban J connectivity index is 2.30. The predicted molar refractivity (Wildman–Crippen MR) is 67.2 cm³/mol. The van der Waals surface area contributed by atoms with E-state index in [9.17, 15) is 19.1 Å². The van der Waals surface area contributed by atoms with E-state index in [1.807, 2.05) is 0 Å². The summed E-state index contributed by atoms with van der Waals surface area (Å²) in [6.07, 6.45) is -0.857. The first-order valence-corrected chi connectivity index (χ1v) is 6.36. The number of amides is 1. The molecule has 1 saturated heterocycles. The molecule has 2 rings (SSSR count). The third-order valence-corrected chi connectivity index (χ3v) is 3.64. The van der Waals surface area contributed by atoms with Gasteiger partial charge in [-0.05, 0) is 34.1 Å². The molecule has 1 fully saturated rings. The lowest BCUT2D eigenvalue weighted by molar-refractivity contribution is -0.141. The number of nitrogens with zero attached hydrogens (tertiary/aromatic N) is 1. The van der Waals surface area contributed by atoms with Gasteiger partial charge in [-0.3, -0.25) is 4.79 Å². The highest BCUT2D eigenvalue weighted by atomic mass is 79.9. The van der Waals surface area contributed by atoms with E-state index >= 15 is 0 Å². The number of carboxylic acid groups (broad SMARTS) is 1. The zero-order valence-corrected chi connectivity index (χ0v) is 11.3. The summed E-state index contributed by atoms with van der Waals surface area (Å²) in [5, 5.41) is 18.5. The summed E-state index contributed by atoms with van der Waals surface area (Å²) < 4.78 is 13.2. The van der Waals surface area contributed by atoms with Crippen LogP contribution in [0.3, 0.4) is 0 Å². The molecule has 19 heavy (non-hydrogen) atoms. The number of halogens is 2. The van der Waals surface area contributed by atoms with Crippen LogP contribution >= 0.6 is 15.9 Å². The van der Waals surface area contributed by atoms with Crippen molar-refractivity contribution in [2.45, 2.75) is 18.6 Å². The first kappa shape index (κ1) is 14.0. The number of likely N-dealkylation sites (tertiary alicyclic amines) is 1. The molecule has 2 N–H and O–H groups in total. The Hall–Kier alpha value is -1.47. The first-order valence-electron chi connectivity index (χ1n) is 5.57. The van der Waals surface area contributed by atoms with E-state index in [0.29, 0.717) is 0 Å². The summed E-state index contributed by atoms with van der Waals surface area (Å²) in [4.78, 5) is 24.4. The lowest BCUT2D eigenvalue weighted by atomic mass is 10.1. The van der Waals surface area contributed by atoms with Gasteiger partial charge < -0.3 is 15.1 Å². The van der Waals surface area contributed by atoms with Crippen LogP contribution in [0.15, 0.2) is 22.7 Å². The maximum atomic E-state index is 13.0. The summed E-state index contributed by atoms with van der Waals surface area (Å²) in [6.45, 7) is -0.0420. The average molecular weight is 332 g/mol. The van der Waals surface area contributed by atoms with Crippen molar-refractivity contribution in [2.75, 3.05) is 6.54 Å². The van der Waals surface area contributed by atoms with Crippen molar-refractivity contribution in [3.63, 3.8) is 0 Å². The van der Waals surface area contributed by atoms with Crippen LogP contribution in [0.2, 0.25) is 0 Å². The number of aliphatic hydroxyl groups excluding tert-OH is 1. The number of carbonyl (C=O) groups is 2. The smallest absolute Gasteiger partial charge is 0.326 e. The van der Waals surface area contributed by atoms with Crippen LogP contribution in [0.4, 0.5) is 4.39 Å². The van der Waals surface area contributed by atoms with Crippen LogP contribution in [0.5, 0.6) is 0 Å². The van der Waals surface area contributed by atoms with E-state index < -0.39 is 29.8 Å². The highest BCUT2D eigenvalue weighted by molar-refractivity contribution is 9.10. The second-order valence-electron chi connectivity index (χ2n) is 4.33. The number of aliphatic hydroxyl groups is 1. The second kappa shape index (κ2) is 5.26. The molecule has 0 radical (unpaired) electrons. The summed E-state index contributed by atoms with van der Waals surface area (Å²) in [7, 11) is 0. The van der Waals surface area contributed by atoms with Crippen molar-refractivity contribution in [1.29, 1.82) is 0 Å². The maximum Gasteiger partial charge on any atom is 0.326 e. The number of hydrogen-bond acceptors (Lipinski definition) is 3. The highest BCUT2D eigenvalue weighted by Gasteiger charge is 2.39. The Bertz CT molecular complexity index is 536. The van der Waals surface area contributed by atoms with Crippen LogP contribution < -0.4 is 0 Å². The van der Waals surface area contributed by atoms with Gasteiger partial charge in [-0.2, -0.15) is 0 Å². The molecule has 1 aromatic carbocycles. The third-order valence-electron chi connectivity index (χ3n) is 2.99. The molecular formula is C12H11BrFNO4. The molecule has 2 atom stereocenters. The standard InChI is InChI=1S/C12H11BrFNO4/c13-9-3-6(14)1-2-8(9)11(17)15-5-7(16)4-10(15)12(18)19/h1-3,7,10,16H,4-5H2,(H,18,19)/t7?,10-/m0/s1. The molecule has 0 bridgehead atoms. The van der Waals surface area contributed by atoms with E-state index in [2.05, 4.69) is 15.9 Å². The van der Waals surface area contributed by atoms with Gasteiger partial charge in [0, 0.05) is 17.4 Å². The zero-order valence-electron chi connectivity index (χ0n) is 9.72. The van der Waals surface area contributed by atoms with E-state index in [1.54, 1.807) is 0 Å². The quantitative estimate of drug-likeness (QED) is 0.854. The Labute approximate surface area is 116 Å². The summed E-state index contributed by atoms with van der Waals surface area (Å²) >= 11 is 3.07. The van der Waals surface area contributed by atoms with Crippen LogP contribution in [-0.2, 0) is 4.79 Å². The van der Waals surface area contributed by atoms with Crippen LogP contribution in [-0.4, -0.2) is 45.7 Å². The fourth-order valence-corrected chi connectivity index (χ4v) is 2.61. The van der Waals surface area contributed by atoms with Gasteiger partial charge in [0.25, 0.3) is 5.91 Å². The van der Waals surface area contributed by atoms with Crippen molar-refractivity contribution in [2.24, 2.45) is 0 Å². The van der Waals surface area contributed by atoms with Crippen molar-refractivity contribution in [1.82, 2.24) is 4.90 Å². The van der Waals surface area contributed by atoms with E-state index in [-0.39, 0.29) is 23.0 Å². The largest absolute Gasteiger partial charge is 0.480 e. The Kier molecular flexibility index (Phi) is 3.86. The summed E-state index contributed by atoms with van der Waals surface area (Å²) in [6, 6.07) is 2.49. The molecule has 1 unspecified atom stereocenters. The molecule has 1 aliphatic rings. The topological polar surface area (TPSA) is 77.8 Å². The minimum atomic E-state index is -1.16. The van der Waals surface area contributed by atoms with Gasteiger partial charge in [-0.25, -0.2) is 9.18 Å². The molecule has 0 aromatic heterocycles. The molecule has 0 aliphatic carbocycles. The van der Waals surface area contributed by atoms with E-state index in [4.69, 9.17) is 5.11 Å². The molecule has 0 saturated carbocycles. The predicted octanol–water partition coefficient (Wildman–Crippen LogP) is 1.25. The molecule has 1 amide bonds. The summed E-state index contributed by atoms with van der Waals surface area (Å²) in [5.41, 5.74) is 0.168. The van der Waals surface area contributed by atoms with Gasteiger partial charge in [0.1, 0.15) is 11.9 Å². The molecule has 1 heterocycles. The number of aliphatic carboxylic acids is 1. The van der Waals surface area contributed by atoms with Gasteiger partial charge in [0.15, 0.2) is 0 Å². The van der Waals surface area contributed by atoms with Crippen molar-refractivity contribution < 1.29 is 24.2 Å². The highest BCUT2D eigenvalue weighted by Crippen LogP contribution is 2.25. The molecule has 1 aromatic rings. The van der Waals surface area contributed by atoms with Gasteiger partial charge in [0.05, 0.1) is 11.7 Å². The number of rotatable bonds is 2. The first-order chi connectivity index (χ1) is 8.90. The Morgan fingerprint density at radius 1 is 1.42 bits per heavy atom. The number of carboxylic acids is 1. The molecule has 7 heteroatoms. The average Bonchev–Trinajstić information content (AvgIpc) is 2.70. The molecular weight excluding hydrogens is 321 g/mol. The maximum absolute atomic E-state index is 13.0. The van der Waals surface area contributed by atoms with Gasteiger partial charge in [-0.15, -0.1) is 0 Å². The van der Waals surface area contributed by atoms with Crippen LogP contribution in [0, 0.1) is 5.82 Å². The number of benzene rings is 1. The number of hydrogen-bond donors (Lipinski definition) is 2.